The largest absolute Gasteiger partial charge is 0.336 e. The fraction of sp³-hybridized carbons (Fsp3) is 0.500. The molecule has 1 aromatic carbocycles. The maximum atomic E-state index is 12.5. The van der Waals surface area contributed by atoms with Gasteiger partial charge in [-0.15, -0.1) is 0 Å². The van der Waals surface area contributed by atoms with Crippen LogP contribution in [0.3, 0.4) is 0 Å². The Morgan fingerprint density at radius 3 is 2.11 bits per heavy atom. The summed E-state index contributed by atoms with van der Waals surface area (Å²) in [7, 11) is 0. The van der Waals surface area contributed by atoms with Crippen molar-refractivity contribution >= 4 is 37.8 Å². The van der Waals surface area contributed by atoms with Crippen molar-refractivity contribution < 1.29 is 4.79 Å². The van der Waals surface area contributed by atoms with Crippen LogP contribution in [0.5, 0.6) is 0 Å². The van der Waals surface area contributed by atoms with E-state index in [4.69, 9.17) is 0 Å². The van der Waals surface area contributed by atoms with Gasteiger partial charge in [-0.1, -0.05) is 31.9 Å². The van der Waals surface area contributed by atoms with Crippen LogP contribution < -0.4 is 0 Å². The molecule has 0 radical (unpaired) electrons. The number of hydrogen-bond acceptors (Lipinski definition) is 2. The number of hydrogen-bond donors (Lipinski definition) is 0. The molecule has 2 fully saturated rings. The second-order valence-electron chi connectivity index (χ2n) is 5.22. The van der Waals surface area contributed by atoms with Crippen LogP contribution in [0.4, 0.5) is 0 Å². The average Bonchev–Trinajstić information content (AvgIpc) is 3.21. The maximum Gasteiger partial charge on any atom is 0.254 e. The van der Waals surface area contributed by atoms with Crippen LogP contribution in [0.1, 0.15) is 23.2 Å². The van der Waals surface area contributed by atoms with Gasteiger partial charge >= 0.3 is 0 Å². The Morgan fingerprint density at radius 1 is 1.00 bits per heavy atom. The lowest BCUT2D eigenvalue weighted by molar-refractivity contribution is 0.0627. The summed E-state index contributed by atoms with van der Waals surface area (Å²) in [6.07, 6.45) is 2.68. The molecule has 0 aromatic heterocycles. The Labute approximate surface area is 130 Å². The molecule has 102 valence electrons. The summed E-state index contributed by atoms with van der Waals surface area (Å²) in [4.78, 5) is 16.9. The molecule has 1 saturated heterocycles. The van der Waals surface area contributed by atoms with E-state index in [1.54, 1.807) is 0 Å². The van der Waals surface area contributed by atoms with Gasteiger partial charge in [-0.25, -0.2) is 0 Å². The topological polar surface area (TPSA) is 23.6 Å². The van der Waals surface area contributed by atoms with Crippen LogP contribution in [0.25, 0.3) is 0 Å². The molecule has 0 atom stereocenters. The number of piperazine rings is 1. The summed E-state index contributed by atoms with van der Waals surface area (Å²) in [5.74, 6) is 0.137. The van der Waals surface area contributed by atoms with E-state index in [-0.39, 0.29) is 5.91 Å². The quantitative estimate of drug-likeness (QED) is 0.778. The van der Waals surface area contributed by atoms with Gasteiger partial charge in [-0.2, -0.15) is 0 Å². The molecular weight excluding hydrogens is 372 g/mol. The average molecular weight is 388 g/mol. The number of nitrogens with zero attached hydrogens (tertiary/aromatic N) is 2. The number of halogens is 2. The standard InChI is InChI=1S/C14H16Br2N2O/c15-11-7-10(8-12(16)9-11)14(19)18-5-3-17(4-6-18)13-1-2-13/h7-9,13H,1-6H2. The van der Waals surface area contributed by atoms with E-state index >= 15 is 0 Å². The number of rotatable bonds is 2. The minimum absolute atomic E-state index is 0.137. The van der Waals surface area contributed by atoms with E-state index < -0.39 is 0 Å². The zero-order chi connectivity index (χ0) is 13.4. The SMILES string of the molecule is O=C(c1cc(Br)cc(Br)c1)N1CCN(C2CC2)CC1. The summed E-state index contributed by atoms with van der Waals surface area (Å²) in [6, 6.07) is 6.53. The van der Waals surface area contributed by atoms with Crippen LogP contribution in [-0.4, -0.2) is 47.9 Å². The second kappa shape index (κ2) is 5.54. The second-order valence-corrected chi connectivity index (χ2v) is 7.05. The third-order valence-electron chi connectivity index (χ3n) is 3.77. The van der Waals surface area contributed by atoms with Gasteiger partial charge in [0.2, 0.25) is 0 Å². The van der Waals surface area contributed by atoms with E-state index in [2.05, 4.69) is 36.8 Å². The van der Waals surface area contributed by atoms with Crippen LogP contribution in [0.15, 0.2) is 27.1 Å². The predicted molar refractivity (Wildman–Crippen MR) is 82.3 cm³/mol. The highest BCUT2D eigenvalue weighted by Crippen LogP contribution is 2.28. The summed E-state index contributed by atoms with van der Waals surface area (Å²) in [5.41, 5.74) is 0.751. The van der Waals surface area contributed by atoms with Crippen LogP contribution in [0, 0.1) is 0 Å². The Morgan fingerprint density at radius 2 is 1.58 bits per heavy atom. The fourth-order valence-electron chi connectivity index (χ4n) is 2.59. The summed E-state index contributed by atoms with van der Waals surface area (Å²) in [5, 5.41) is 0. The lowest BCUT2D eigenvalue weighted by Crippen LogP contribution is -2.49. The molecule has 0 spiro atoms. The number of carbonyl (C=O) groups is 1. The van der Waals surface area contributed by atoms with E-state index in [9.17, 15) is 4.79 Å². The van der Waals surface area contributed by atoms with E-state index in [0.717, 1.165) is 46.7 Å². The first-order valence-corrected chi connectivity index (χ1v) is 8.21. The van der Waals surface area contributed by atoms with E-state index in [1.807, 2.05) is 23.1 Å². The van der Waals surface area contributed by atoms with Gasteiger partial charge in [-0.05, 0) is 31.0 Å². The summed E-state index contributed by atoms with van der Waals surface area (Å²) in [6.45, 7) is 3.73. The molecule has 1 aliphatic heterocycles. The molecule has 1 saturated carbocycles. The van der Waals surface area contributed by atoms with Crippen molar-refractivity contribution in [3.8, 4) is 0 Å². The highest BCUT2D eigenvalue weighted by molar-refractivity contribution is 9.11. The van der Waals surface area contributed by atoms with Crippen molar-refractivity contribution in [1.82, 2.24) is 9.80 Å². The highest BCUT2D eigenvalue weighted by atomic mass is 79.9. The predicted octanol–water partition coefficient (Wildman–Crippen LogP) is 3.13. The molecule has 0 unspecified atom stereocenters. The van der Waals surface area contributed by atoms with Crippen LogP contribution in [0.2, 0.25) is 0 Å². The number of benzene rings is 1. The maximum absolute atomic E-state index is 12.5. The van der Waals surface area contributed by atoms with Crippen molar-refractivity contribution in [1.29, 1.82) is 0 Å². The lowest BCUT2D eigenvalue weighted by atomic mass is 10.2. The van der Waals surface area contributed by atoms with Gasteiger partial charge in [0.15, 0.2) is 0 Å². The fourth-order valence-corrected chi connectivity index (χ4v) is 3.88. The van der Waals surface area contributed by atoms with Crippen molar-refractivity contribution in [3.63, 3.8) is 0 Å². The zero-order valence-electron chi connectivity index (χ0n) is 10.6. The number of amides is 1. The molecule has 0 bridgehead atoms. The highest BCUT2D eigenvalue weighted by Gasteiger charge is 2.32. The molecular formula is C14H16Br2N2O. The van der Waals surface area contributed by atoms with Crippen molar-refractivity contribution in [2.75, 3.05) is 26.2 Å². The van der Waals surface area contributed by atoms with Gasteiger partial charge < -0.3 is 4.90 Å². The van der Waals surface area contributed by atoms with Crippen molar-refractivity contribution in [3.05, 3.63) is 32.7 Å². The molecule has 1 heterocycles. The molecule has 1 aromatic rings. The zero-order valence-corrected chi connectivity index (χ0v) is 13.8. The van der Waals surface area contributed by atoms with Gasteiger partial charge in [0, 0.05) is 46.7 Å². The molecule has 19 heavy (non-hydrogen) atoms. The normalized spacial score (nSPS) is 20.6. The summed E-state index contributed by atoms with van der Waals surface area (Å²) < 4.78 is 1.86. The molecule has 3 rings (SSSR count). The van der Waals surface area contributed by atoms with Crippen molar-refractivity contribution in [2.24, 2.45) is 0 Å². The third kappa shape index (κ3) is 3.20. The minimum Gasteiger partial charge on any atom is -0.336 e. The number of carbonyl (C=O) groups excluding carboxylic acids is 1. The molecule has 3 nitrogen and oxygen atoms in total. The van der Waals surface area contributed by atoms with E-state index in [0.29, 0.717) is 0 Å². The van der Waals surface area contributed by atoms with Gasteiger partial charge in [0.05, 0.1) is 0 Å². The van der Waals surface area contributed by atoms with Crippen LogP contribution >= 0.6 is 31.9 Å². The molecule has 0 N–H and O–H groups in total. The van der Waals surface area contributed by atoms with Gasteiger partial charge in [0.1, 0.15) is 0 Å². The van der Waals surface area contributed by atoms with Crippen molar-refractivity contribution in [2.45, 2.75) is 18.9 Å². The van der Waals surface area contributed by atoms with Crippen LogP contribution in [-0.2, 0) is 0 Å². The van der Waals surface area contributed by atoms with E-state index in [1.165, 1.54) is 12.8 Å². The molecule has 1 amide bonds. The Bertz CT molecular complexity index is 474. The molecule has 1 aliphatic carbocycles. The van der Waals surface area contributed by atoms with Gasteiger partial charge in [-0.3, -0.25) is 9.69 Å². The first-order valence-electron chi connectivity index (χ1n) is 6.63. The lowest BCUT2D eigenvalue weighted by Gasteiger charge is -2.34. The first-order chi connectivity index (χ1) is 9.13. The third-order valence-corrected chi connectivity index (χ3v) is 4.69. The Hall–Kier alpha value is -0.390. The molecule has 2 aliphatic rings. The van der Waals surface area contributed by atoms with Gasteiger partial charge in [0.25, 0.3) is 5.91 Å². The Kier molecular flexibility index (Phi) is 3.96. The monoisotopic (exact) mass is 386 g/mol. The smallest absolute Gasteiger partial charge is 0.254 e. The Balaban J connectivity index is 1.67. The minimum atomic E-state index is 0.137. The first kappa shape index (κ1) is 13.6. The molecule has 5 heteroatoms. The summed E-state index contributed by atoms with van der Waals surface area (Å²) >= 11 is 6.87.